The van der Waals surface area contributed by atoms with Crippen LogP contribution < -0.4 is 5.32 Å². The molecule has 2 aliphatic rings. The van der Waals surface area contributed by atoms with Crippen LogP contribution in [-0.2, 0) is 4.74 Å². The summed E-state index contributed by atoms with van der Waals surface area (Å²) < 4.78 is 6.07. The predicted molar refractivity (Wildman–Crippen MR) is 86.6 cm³/mol. The van der Waals surface area contributed by atoms with E-state index in [-0.39, 0.29) is 17.6 Å². The predicted octanol–water partition coefficient (Wildman–Crippen LogP) is 0.994. The Balaban J connectivity index is 1.38. The molecule has 1 spiro atoms. The van der Waals surface area contributed by atoms with Gasteiger partial charge in [-0.05, 0) is 19.4 Å². The van der Waals surface area contributed by atoms with E-state index in [2.05, 4.69) is 25.5 Å². The highest BCUT2D eigenvalue weighted by Crippen LogP contribution is 2.36. The number of ether oxygens (including phenoxy) is 1. The lowest BCUT2D eigenvalue weighted by atomic mass is 9.97. The van der Waals surface area contributed by atoms with Gasteiger partial charge < -0.3 is 15.0 Å². The Bertz CT molecular complexity index is 733. The molecule has 4 rings (SSSR count). The van der Waals surface area contributed by atoms with Crippen LogP contribution in [0, 0.1) is 6.92 Å². The van der Waals surface area contributed by atoms with Crippen molar-refractivity contribution < 1.29 is 9.53 Å². The summed E-state index contributed by atoms with van der Waals surface area (Å²) in [5.41, 5.74) is 1.09. The Morgan fingerprint density at radius 2 is 2.42 bits per heavy atom. The first-order valence-corrected chi connectivity index (χ1v) is 8.11. The molecule has 24 heavy (non-hydrogen) atoms. The van der Waals surface area contributed by atoms with Crippen LogP contribution in [0.25, 0.3) is 0 Å². The van der Waals surface area contributed by atoms with Crippen LogP contribution in [0.3, 0.4) is 0 Å². The molecule has 4 heterocycles. The number of aromatic amines is 1. The molecular weight excluding hydrogens is 308 g/mol. The summed E-state index contributed by atoms with van der Waals surface area (Å²) >= 11 is 0. The maximum atomic E-state index is 12.5. The molecule has 2 aromatic rings. The number of aromatic nitrogens is 4. The number of anilines is 1. The molecule has 0 radical (unpaired) electrons. The quantitative estimate of drug-likeness (QED) is 0.872. The second-order valence-electron chi connectivity index (χ2n) is 6.54. The molecule has 8 nitrogen and oxygen atoms in total. The molecule has 2 saturated heterocycles. The summed E-state index contributed by atoms with van der Waals surface area (Å²) in [4.78, 5) is 22.7. The van der Waals surface area contributed by atoms with Crippen LogP contribution in [0.2, 0.25) is 0 Å². The normalized spacial score (nSPS) is 26.2. The van der Waals surface area contributed by atoms with Crippen molar-refractivity contribution in [3.8, 4) is 0 Å². The monoisotopic (exact) mass is 328 g/mol. The molecule has 2 aromatic heterocycles. The van der Waals surface area contributed by atoms with Crippen molar-refractivity contribution in [2.45, 2.75) is 31.4 Å². The number of nitrogens with one attached hydrogen (secondary N) is 2. The highest BCUT2D eigenvalue weighted by Gasteiger charge is 2.47. The Labute approximate surface area is 139 Å². The number of H-pyrrole nitrogens is 1. The van der Waals surface area contributed by atoms with Gasteiger partial charge in [-0.25, -0.2) is 4.98 Å². The number of aryl methyl sites for hydroxylation is 1. The van der Waals surface area contributed by atoms with Crippen molar-refractivity contribution in [2.24, 2.45) is 0 Å². The Morgan fingerprint density at radius 1 is 1.50 bits per heavy atom. The number of carbonyl (C=O) groups excluding carboxylic acids is 1. The minimum Gasteiger partial charge on any atom is -0.371 e. The molecule has 2 aliphatic heterocycles. The number of hydrogen-bond acceptors (Lipinski definition) is 6. The fourth-order valence-electron chi connectivity index (χ4n) is 3.51. The van der Waals surface area contributed by atoms with E-state index >= 15 is 0 Å². The molecule has 1 amide bonds. The summed E-state index contributed by atoms with van der Waals surface area (Å²) in [7, 11) is 0. The van der Waals surface area contributed by atoms with Crippen molar-refractivity contribution in [3.05, 3.63) is 36.0 Å². The number of likely N-dealkylation sites (tertiary alicyclic amines) is 1. The molecule has 0 aromatic carbocycles. The van der Waals surface area contributed by atoms with Crippen LogP contribution in [-0.4, -0.2) is 62.3 Å². The van der Waals surface area contributed by atoms with Gasteiger partial charge in [-0.1, -0.05) is 0 Å². The maximum Gasteiger partial charge on any atom is 0.274 e. The molecule has 0 aliphatic carbocycles. The summed E-state index contributed by atoms with van der Waals surface area (Å²) in [5, 5.41) is 10.2. The molecular formula is C16H20N6O2. The van der Waals surface area contributed by atoms with Gasteiger partial charge in [-0.2, -0.15) is 5.10 Å². The maximum absolute atomic E-state index is 12.5. The van der Waals surface area contributed by atoms with E-state index in [4.69, 9.17) is 4.74 Å². The molecule has 0 unspecified atom stereocenters. The van der Waals surface area contributed by atoms with Gasteiger partial charge in [0, 0.05) is 31.1 Å². The third-order valence-corrected chi connectivity index (χ3v) is 4.65. The molecule has 2 fully saturated rings. The number of nitrogens with zero attached hydrogens (tertiary/aromatic N) is 4. The van der Waals surface area contributed by atoms with Crippen molar-refractivity contribution >= 4 is 11.7 Å². The van der Waals surface area contributed by atoms with Crippen LogP contribution in [0.15, 0.2) is 24.7 Å². The lowest BCUT2D eigenvalue weighted by Crippen LogP contribution is -2.36. The van der Waals surface area contributed by atoms with Crippen molar-refractivity contribution in [1.29, 1.82) is 0 Å². The SMILES string of the molecule is Cc1cc(C(=O)N2CC[C@]3(C[C@@H](Nc4cnccn4)CO3)C2)n[nH]1. The number of amides is 1. The zero-order chi connectivity index (χ0) is 16.6. The smallest absolute Gasteiger partial charge is 0.274 e. The fourth-order valence-corrected chi connectivity index (χ4v) is 3.51. The average Bonchev–Trinajstić information content (AvgIpc) is 3.30. The van der Waals surface area contributed by atoms with Crippen molar-refractivity contribution in [2.75, 3.05) is 25.0 Å². The van der Waals surface area contributed by atoms with E-state index in [0.717, 1.165) is 24.4 Å². The third-order valence-electron chi connectivity index (χ3n) is 4.65. The second-order valence-corrected chi connectivity index (χ2v) is 6.54. The van der Waals surface area contributed by atoms with Crippen molar-refractivity contribution in [1.82, 2.24) is 25.1 Å². The van der Waals surface area contributed by atoms with Gasteiger partial charge in [0.2, 0.25) is 0 Å². The van der Waals surface area contributed by atoms with E-state index < -0.39 is 0 Å². The molecule has 0 bridgehead atoms. The second kappa shape index (κ2) is 5.86. The molecule has 0 saturated carbocycles. The average molecular weight is 328 g/mol. The van der Waals surface area contributed by atoms with Crippen LogP contribution in [0.1, 0.15) is 29.0 Å². The van der Waals surface area contributed by atoms with E-state index in [1.54, 1.807) is 24.7 Å². The zero-order valence-corrected chi connectivity index (χ0v) is 13.5. The van der Waals surface area contributed by atoms with Crippen LogP contribution in [0.5, 0.6) is 0 Å². The van der Waals surface area contributed by atoms with E-state index in [1.807, 2.05) is 11.8 Å². The standard InChI is InChI=1S/C16H20N6O2/c1-11-6-13(21-20-11)15(23)22-5-2-16(10-22)7-12(9-24-16)19-14-8-17-3-4-18-14/h3-4,6,8,12H,2,5,7,9-10H2,1H3,(H,18,19)(H,20,21)/t12-,16+/m1/s1. The summed E-state index contributed by atoms with van der Waals surface area (Å²) in [6.07, 6.45) is 6.72. The highest BCUT2D eigenvalue weighted by molar-refractivity contribution is 5.92. The van der Waals surface area contributed by atoms with E-state index in [9.17, 15) is 4.79 Å². The largest absolute Gasteiger partial charge is 0.371 e. The van der Waals surface area contributed by atoms with Gasteiger partial charge in [0.05, 0.1) is 31.0 Å². The molecule has 2 N–H and O–H groups in total. The van der Waals surface area contributed by atoms with Gasteiger partial charge in [-0.15, -0.1) is 0 Å². The molecule has 2 atom stereocenters. The first-order valence-electron chi connectivity index (χ1n) is 8.11. The summed E-state index contributed by atoms with van der Waals surface area (Å²) in [6, 6.07) is 1.96. The molecule has 8 heteroatoms. The number of carbonyl (C=O) groups is 1. The minimum absolute atomic E-state index is 0.0369. The lowest BCUT2D eigenvalue weighted by molar-refractivity contribution is 0.0124. The summed E-state index contributed by atoms with van der Waals surface area (Å²) in [6.45, 7) is 3.80. The number of hydrogen-bond donors (Lipinski definition) is 2. The van der Waals surface area contributed by atoms with E-state index in [0.29, 0.717) is 25.4 Å². The Kier molecular flexibility index (Phi) is 3.68. The Morgan fingerprint density at radius 3 is 3.17 bits per heavy atom. The fraction of sp³-hybridized carbons (Fsp3) is 0.500. The van der Waals surface area contributed by atoms with Gasteiger partial charge in [-0.3, -0.25) is 14.9 Å². The molecule has 126 valence electrons. The lowest BCUT2D eigenvalue weighted by Gasteiger charge is -2.23. The van der Waals surface area contributed by atoms with Crippen LogP contribution in [0.4, 0.5) is 5.82 Å². The van der Waals surface area contributed by atoms with Crippen molar-refractivity contribution in [3.63, 3.8) is 0 Å². The van der Waals surface area contributed by atoms with Gasteiger partial charge in [0.25, 0.3) is 5.91 Å². The van der Waals surface area contributed by atoms with Gasteiger partial charge in [0.1, 0.15) is 11.5 Å². The number of rotatable bonds is 3. The van der Waals surface area contributed by atoms with Gasteiger partial charge in [0.15, 0.2) is 0 Å². The van der Waals surface area contributed by atoms with E-state index in [1.165, 1.54) is 0 Å². The van der Waals surface area contributed by atoms with Gasteiger partial charge >= 0.3 is 0 Å². The van der Waals surface area contributed by atoms with Crippen LogP contribution >= 0.6 is 0 Å². The Hall–Kier alpha value is -2.48. The summed E-state index contributed by atoms with van der Waals surface area (Å²) in [5.74, 6) is 0.714. The first-order chi connectivity index (χ1) is 11.6. The highest BCUT2D eigenvalue weighted by atomic mass is 16.5. The third kappa shape index (κ3) is 2.84. The topological polar surface area (TPSA) is 96.0 Å². The first kappa shape index (κ1) is 15.1. The zero-order valence-electron chi connectivity index (χ0n) is 13.5. The minimum atomic E-state index is -0.263.